The molecule has 0 bridgehead atoms. The fourth-order valence-electron chi connectivity index (χ4n) is 2.56. The number of nitrogens with one attached hydrogen (secondary N) is 1. The summed E-state index contributed by atoms with van der Waals surface area (Å²) in [6.07, 6.45) is 3.50. The average Bonchev–Trinajstić information content (AvgIpc) is 2.65. The first-order valence-electron chi connectivity index (χ1n) is 8.36. The van der Waals surface area contributed by atoms with Crippen LogP contribution in [0.4, 0.5) is 10.5 Å². The Hall–Kier alpha value is -2.85. The van der Waals surface area contributed by atoms with E-state index in [4.69, 9.17) is 11.6 Å². The summed E-state index contributed by atoms with van der Waals surface area (Å²) in [5.41, 5.74) is 3.95. The summed E-state index contributed by atoms with van der Waals surface area (Å²) in [6, 6.07) is 18.9. The van der Waals surface area contributed by atoms with Crippen LogP contribution in [-0.2, 0) is 13.1 Å². The van der Waals surface area contributed by atoms with E-state index in [1.54, 1.807) is 41.6 Å². The second-order valence-corrected chi connectivity index (χ2v) is 6.58. The molecule has 26 heavy (non-hydrogen) atoms. The maximum Gasteiger partial charge on any atom is 0.322 e. The summed E-state index contributed by atoms with van der Waals surface area (Å²) in [7, 11) is 0. The molecule has 0 fully saturated rings. The van der Waals surface area contributed by atoms with Crippen molar-refractivity contribution in [3.63, 3.8) is 0 Å². The molecular weight excluding hydrogens is 346 g/mol. The van der Waals surface area contributed by atoms with Crippen LogP contribution in [0.15, 0.2) is 73.1 Å². The van der Waals surface area contributed by atoms with Crippen LogP contribution in [0.5, 0.6) is 0 Å². The molecular formula is C21H20ClN3O. The Morgan fingerprint density at radius 3 is 2.35 bits per heavy atom. The van der Waals surface area contributed by atoms with Gasteiger partial charge in [-0.05, 0) is 48.4 Å². The largest absolute Gasteiger partial charge is 0.322 e. The third-order valence-electron chi connectivity index (χ3n) is 3.97. The summed E-state index contributed by atoms with van der Waals surface area (Å²) < 4.78 is 0. The van der Waals surface area contributed by atoms with Gasteiger partial charge in [-0.15, -0.1) is 0 Å². The molecule has 0 atom stereocenters. The maximum atomic E-state index is 12.8. The predicted octanol–water partition coefficient (Wildman–Crippen LogP) is 5.28. The minimum atomic E-state index is -0.170. The number of amides is 2. The summed E-state index contributed by atoms with van der Waals surface area (Å²) in [4.78, 5) is 18.7. The number of pyridine rings is 1. The Balaban J connectivity index is 1.77. The molecule has 132 valence electrons. The summed E-state index contributed by atoms with van der Waals surface area (Å²) in [6.45, 7) is 3.03. The lowest BCUT2D eigenvalue weighted by Crippen LogP contribution is -2.34. The zero-order valence-electron chi connectivity index (χ0n) is 14.5. The van der Waals surface area contributed by atoms with Crippen LogP contribution in [0.25, 0.3) is 0 Å². The molecule has 3 rings (SSSR count). The predicted molar refractivity (Wildman–Crippen MR) is 105 cm³/mol. The van der Waals surface area contributed by atoms with E-state index in [2.05, 4.69) is 22.4 Å². The molecule has 1 N–H and O–H groups in total. The van der Waals surface area contributed by atoms with E-state index < -0.39 is 0 Å². The van der Waals surface area contributed by atoms with Crippen molar-refractivity contribution in [3.8, 4) is 0 Å². The van der Waals surface area contributed by atoms with Crippen molar-refractivity contribution in [3.05, 3.63) is 94.8 Å². The fraction of sp³-hybridized carbons (Fsp3) is 0.143. The molecule has 0 unspecified atom stereocenters. The fourth-order valence-corrected chi connectivity index (χ4v) is 2.69. The zero-order valence-corrected chi connectivity index (χ0v) is 15.3. The van der Waals surface area contributed by atoms with Crippen molar-refractivity contribution >= 4 is 23.3 Å². The van der Waals surface area contributed by atoms with Gasteiger partial charge in [-0.3, -0.25) is 4.98 Å². The Kier molecular flexibility index (Phi) is 5.87. The second kappa shape index (κ2) is 8.50. The van der Waals surface area contributed by atoms with E-state index >= 15 is 0 Å². The number of benzene rings is 2. The van der Waals surface area contributed by atoms with Crippen molar-refractivity contribution in [1.82, 2.24) is 9.88 Å². The van der Waals surface area contributed by atoms with Crippen LogP contribution >= 0.6 is 11.6 Å². The van der Waals surface area contributed by atoms with Gasteiger partial charge < -0.3 is 10.2 Å². The van der Waals surface area contributed by atoms with Crippen molar-refractivity contribution in [2.75, 3.05) is 5.32 Å². The minimum absolute atomic E-state index is 0.170. The number of aromatic nitrogens is 1. The molecule has 0 aliphatic rings. The van der Waals surface area contributed by atoms with Gasteiger partial charge in [0.2, 0.25) is 0 Å². The second-order valence-electron chi connectivity index (χ2n) is 6.14. The Labute approximate surface area is 158 Å². The summed E-state index contributed by atoms with van der Waals surface area (Å²) in [5.74, 6) is 0. The molecule has 5 heteroatoms. The normalized spacial score (nSPS) is 10.4. The molecule has 2 aromatic carbocycles. The van der Waals surface area contributed by atoms with Gasteiger partial charge in [-0.2, -0.15) is 0 Å². The zero-order chi connectivity index (χ0) is 18.4. The van der Waals surface area contributed by atoms with Crippen molar-refractivity contribution in [2.24, 2.45) is 0 Å². The molecule has 0 spiro atoms. The van der Waals surface area contributed by atoms with E-state index in [1.165, 1.54) is 5.56 Å². The SMILES string of the molecule is Cc1ccc(CN(Cc2cccnc2)C(=O)Nc2ccc(Cl)cc2)cc1. The number of carbonyl (C=O) groups is 1. The van der Waals surface area contributed by atoms with E-state index in [9.17, 15) is 4.79 Å². The van der Waals surface area contributed by atoms with Crippen LogP contribution in [-0.4, -0.2) is 15.9 Å². The van der Waals surface area contributed by atoms with Crippen molar-refractivity contribution < 1.29 is 4.79 Å². The molecule has 0 saturated heterocycles. The Morgan fingerprint density at radius 2 is 1.69 bits per heavy atom. The monoisotopic (exact) mass is 365 g/mol. The first-order chi connectivity index (χ1) is 12.6. The van der Waals surface area contributed by atoms with Gasteiger partial charge in [0.05, 0.1) is 0 Å². The lowest BCUT2D eigenvalue weighted by atomic mass is 10.1. The highest BCUT2D eigenvalue weighted by atomic mass is 35.5. The standard InChI is InChI=1S/C21H20ClN3O/c1-16-4-6-17(7-5-16)14-25(15-18-3-2-12-23-13-18)21(26)24-20-10-8-19(22)9-11-20/h2-13H,14-15H2,1H3,(H,24,26). The number of hydrogen-bond acceptors (Lipinski definition) is 2. The van der Waals surface area contributed by atoms with Crippen LogP contribution in [0.3, 0.4) is 0 Å². The Bertz CT molecular complexity index is 849. The van der Waals surface area contributed by atoms with Gasteiger partial charge in [0.1, 0.15) is 0 Å². The first-order valence-corrected chi connectivity index (χ1v) is 8.74. The molecule has 1 heterocycles. The number of anilines is 1. The smallest absolute Gasteiger partial charge is 0.316 e. The number of aryl methyl sites for hydroxylation is 1. The molecule has 4 nitrogen and oxygen atoms in total. The number of nitrogens with zero attached hydrogens (tertiary/aromatic N) is 2. The highest BCUT2D eigenvalue weighted by Gasteiger charge is 2.15. The van der Waals surface area contributed by atoms with Gasteiger partial charge in [0, 0.05) is 36.2 Å². The van der Waals surface area contributed by atoms with E-state index in [-0.39, 0.29) is 6.03 Å². The van der Waals surface area contributed by atoms with E-state index in [1.807, 2.05) is 31.2 Å². The third kappa shape index (κ3) is 5.07. The van der Waals surface area contributed by atoms with Crippen LogP contribution < -0.4 is 5.32 Å². The van der Waals surface area contributed by atoms with Gasteiger partial charge in [0.25, 0.3) is 0 Å². The highest BCUT2D eigenvalue weighted by molar-refractivity contribution is 6.30. The van der Waals surface area contributed by atoms with Crippen molar-refractivity contribution in [1.29, 1.82) is 0 Å². The summed E-state index contributed by atoms with van der Waals surface area (Å²) >= 11 is 5.91. The number of carbonyl (C=O) groups excluding carboxylic acids is 1. The number of halogens is 1. The number of rotatable bonds is 5. The maximum absolute atomic E-state index is 12.8. The molecule has 1 aromatic heterocycles. The van der Waals surface area contributed by atoms with E-state index in [0.29, 0.717) is 23.8 Å². The van der Waals surface area contributed by atoms with Crippen LogP contribution in [0, 0.1) is 6.92 Å². The quantitative estimate of drug-likeness (QED) is 0.668. The minimum Gasteiger partial charge on any atom is -0.316 e. The van der Waals surface area contributed by atoms with E-state index in [0.717, 1.165) is 11.1 Å². The van der Waals surface area contributed by atoms with Gasteiger partial charge in [-0.1, -0.05) is 47.5 Å². The third-order valence-corrected chi connectivity index (χ3v) is 4.22. The first kappa shape index (κ1) is 18.0. The topological polar surface area (TPSA) is 45.2 Å². The molecule has 0 aliphatic heterocycles. The molecule has 0 radical (unpaired) electrons. The highest BCUT2D eigenvalue weighted by Crippen LogP contribution is 2.16. The molecule has 0 saturated carbocycles. The van der Waals surface area contributed by atoms with Crippen LogP contribution in [0.1, 0.15) is 16.7 Å². The average molecular weight is 366 g/mol. The lowest BCUT2D eigenvalue weighted by Gasteiger charge is -2.23. The van der Waals surface area contributed by atoms with Gasteiger partial charge in [0.15, 0.2) is 0 Å². The number of hydrogen-bond donors (Lipinski definition) is 1. The summed E-state index contributed by atoms with van der Waals surface area (Å²) in [5, 5.41) is 3.56. The van der Waals surface area contributed by atoms with Crippen LogP contribution in [0.2, 0.25) is 5.02 Å². The Morgan fingerprint density at radius 1 is 1.00 bits per heavy atom. The molecule has 2 amide bonds. The lowest BCUT2D eigenvalue weighted by molar-refractivity contribution is 0.206. The molecule has 0 aliphatic carbocycles. The van der Waals surface area contributed by atoms with Gasteiger partial charge in [-0.25, -0.2) is 4.79 Å². The molecule has 3 aromatic rings. The van der Waals surface area contributed by atoms with Gasteiger partial charge >= 0.3 is 6.03 Å². The number of urea groups is 1. The van der Waals surface area contributed by atoms with Crippen molar-refractivity contribution in [2.45, 2.75) is 20.0 Å².